The quantitative estimate of drug-likeness (QED) is 0.559. The second-order valence-electron chi connectivity index (χ2n) is 3.14. The van der Waals surface area contributed by atoms with E-state index in [-0.39, 0.29) is 5.91 Å². The molecule has 0 bridgehead atoms. The molecule has 1 heterocycles. The van der Waals surface area contributed by atoms with Gasteiger partial charge in [0.1, 0.15) is 10.4 Å². The molecule has 0 radical (unpaired) electrons. The molecule has 1 aliphatic rings. The van der Waals surface area contributed by atoms with Crippen molar-refractivity contribution in [1.29, 1.82) is 0 Å². The van der Waals surface area contributed by atoms with Gasteiger partial charge in [-0.05, 0) is 13.8 Å². The van der Waals surface area contributed by atoms with Crippen molar-refractivity contribution in [2.24, 2.45) is 0 Å². The average molecular weight is 236 g/mol. The topological polar surface area (TPSA) is 57.6 Å². The van der Waals surface area contributed by atoms with Crippen LogP contribution >= 0.6 is 15.9 Å². The van der Waals surface area contributed by atoms with Crippen LogP contribution in [0, 0.1) is 0 Å². The Morgan fingerprint density at radius 2 is 2.33 bits per heavy atom. The maximum Gasteiger partial charge on any atom is 0.326 e. The summed E-state index contributed by atoms with van der Waals surface area (Å²) in [5.41, 5.74) is 0. The van der Waals surface area contributed by atoms with Crippen LogP contribution in [-0.2, 0) is 9.59 Å². The number of amides is 1. The molecule has 1 amide bonds. The van der Waals surface area contributed by atoms with Crippen molar-refractivity contribution < 1.29 is 14.7 Å². The number of carboxylic acids is 1. The maximum atomic E-state index is 11.2. The third-order valence-electron chi connectivity index (χ3n) is 2.00. The number of aliphatic carboxylic acids is 1. The van der Waals surface area contributed by atoms with Gasteiger partial charge in [-0.2, -0.15) is 0 Å². The number of carbonyl (C=O) groups excluding carboxylic acids is 1. The fourth-order valence-electron chi connectivity index (χ4n) is 1.11. The summed E-state index contributed by atoms with van der Waals surface area (Å²) in [6.45, 7) is 3.70. The zero-order chi connectivity index (χ0) is 9.52. The molecule has 0 spiro atoms. The summed E-state index contributed by atoms with van der Waals surface area (Å²) in [6.07, 6.45) is 0. The van der Waals surface area contributed by atoms with Crippen molar-refractivity contribution in [3.05, 3.63) is 0 Å². The summed E-state index contributed by atoms with van der Waals surface area (Å²) in [6, 6.07) is -0.719. The molecule has 0 aromatic heterocycles. The van der Waals surface area contributed by atoms with Crippen LogP contribution < -0.4 is 0 Å². The van der Waals surface area contributed by atoms with E-state index in [1.54, 1.807) is 6.92 Å². The number of nitrogens with zero attached hydrogens (tertiary/aromatic N) is 1. The Balaban J connectivity index is 2.61. The summed E-state index contributed by atoms with van der Waals surface area (Å²) in [4.78, 5) is 23.1. The zero-order valence-electron chi connectivity index (χ0n) is 6.87. The Labute approximate surface area is 78.7 Å². The van der Waals surface area contributed by atoms with E-state index in [2.05, 4.69) is 15.9 Å². The van der Waals surface area contributed by atoms with E-state index in [0.29, 0.717) is 6.54 Å². The number of rotatable bonds is 2. The number of hydrogen-bond donors (Lipinski definition) is 1. The molecule has 0 aromatic rings. The smallest absolute Gasteiger partial charge is 0.326 e. The Morgan fingerprint density at radius 1 is 1.83 bits per heavy atom. The predicted octanol–water partition coefficient (Wildman–Crippen LogP) is 0.455. The van der Waals surface area contributed by atoms with Crippen molar-refractivity contribution in [3.8, 4) is 0 Å². The van der Waals surface area contributed by atoms with Gasteiger partial charge < -0.3 is 10.0 Å². The van der Waals surface area contributed by atoms with Crippen molar-refractivity contribution in [3.63, 3.8) is 0 Å². The van der Waals surface area contributed by atoms with Gasteiger partial charge in [0.2, 0.25) is 5.91 Å². The SMILES string of the molecule is CC(C(=O)O)N1CC(C)(Br)C1=O. The minimum Gasteiger partial charge on any atom is -0.480 e. The van der Waals surface area contributed by atoms with Gasteiger partial charge in [0, 0.05) is 6.54 Å². The van der Waals surface area contributed by atoms with Gasteiger partial charge in [0.05, 0.1) is 0 Å². The van der Waals surface area contributed by atoms with Crippen molar-refractivity contribution in [2.45, 2.75) is 24.2 Å². The Bertz CT molecular complexity index is 239. The van der Waals surface area contributed by atoms with Crippen LogP contribution in [0.1, 0.15) is 13.8 Å². The highest BCUT2D eigenvalue weighted by atomic mass is 79.9. The van der Waals surface area contributed by atoms with Gasteiger partial charge in [-0.3, -0.25) is 4.79 Å². The van der Waals surface area contributed by atoms with Gasteiger partial charge in [-0.15, -0.1) is 0 Å². The van der Waals surface area contributed by atoms with Gasteiger partial charge in [-0.1, -0.05) is 15.9 Å². The molecule has 0 aliphatic carbocycles. The highest BCUT2D eigenvalue weighted by Crippen LogP contribution is 2.32. The van der Waals surface area contributed by atoms with E-state index in [9.17, 15) is 9.59 Å². The van der Waals surface area contributed by atoms with Crippen LogP contribution in [0.4, 0.5) is 0 Å². The third kappa shape index (κ3) is 1.33. The Morgan fingerprint density at radius 3 is 2.58 bits per heavy atom. The van der Waals surface area contributed by atoms with Gasteiger partial charge in [0.15, 0.2) is 0 Å². The molecule has 1 aliphatic heterocycles. The lowest BCUT2D eigenvalue weighted by Gasteiger charge is -2.44. The molecular formula is C7H10BrNO3. The summed E-state index contributed by atoms with van der Waals surface area (Å²) < 4.78 is -0.545. The summed E-state index contributed by atoms with van der Waals surface area (Å²) in [7, 11) is 0. The van der Waals surface area contributed by atoms with E-state index in [4.69, 9.17) is 5.11 Å². The third-order valence-corrected chi connectivity index (χ3v) is 2.59. The molecule has 1 N–H and O–H groups in total. The molecule has 2 atom stereocenters. The monoisotopic (exact) mass is 235 g/mol. The number of likely N-dealkylation sites (tertiary alicyclic amines) is 1. The van der Waals surface area contributed by atoms with Crippen molar-refractivity contribution in [1.82, 2.24) is 4.90 Å². The Hall–Kier alpha value is -0.580. The van der Waals surface area contributed by atoms with Gasteiger partial charge in [0.25, 0.3) is 0 Å². The number of hydrogen-bond acceptors (Lipinski definition) is 2. The van der Waals surface area contributed by atoms with Crippen LogP contribution in [0.2, 0.25) is 0 Å². The minimum atomic E-state index is -0.966. The van der Waals surface area contributed by atoms with Crippen LogP contribution in [0.15, 0.2) is 0 Å². The molecule has 4 nitrogen and oxygen atoms in total. The number of carboxylic acid groups (broad SMARTS) is 1. The first kappa shape index (κ1) is 9.51. The fourth-order valence-corrected chi connectivity index (χ4v) is 1.61. The number of β-lactam (4-membered cyclic amide) rings is 1. The first-order valence-corrected chi connectivity index (χ1v) is 4.38. The highest BCUT2D eigenvalue weighted by molar-refractivity contribution is 9.10. The van der Waals surface area contributed by atoms with E-state index in [1.165, 1.54) is 11.8 Å². The lowest BCUT2D eigenvalue weighted by molar-refractivity contribution is -0.157. The van der Waals surface area contributed by atoms with Crippen LogP contribution in [0.5, 0.6) is 0 Å². The van der Waals surface area contributed by atoms with Crippen molar-refractivity contribution >= 4 is 27.8 Å². The number of halogens is 1. The van der Waals surface area contributed by atoms with E-state index >= 15 is 0 Å². The molecule has 5 heteroatoms. The molecule has 1 fully saturated rings. The Kier molecular flexibility index (Phi) is 2.16. The molecule has 0 saturated carbocycles. The summed E-state index contributed by atoms with van der Waals surface area (Å²) >= 11 is 3.20. The molecule has 1 rings (SSSR count). The number of carbonyl (C=O) groups is 2. The highest BCUT2D eigenvalue weighted by Gasteiger charge is 2.49. The minimum absolute atomic E-state index is 0.155. The molecule has 68 valence electrons. The molecule has 0 aromatic carbocycles. The van der Waals surface area contributed by atoms with Gasteiger partial charge in [-0.25, -0.2) is 4.79 Å². The van der Waals surface area contributed by atoms with E-state index in [0.717, 1.165) is 0 Å². The van der Waals surface area contributed by atoms with Gasteiger partial charge >= 0.3 is 5.97 Å². The predicted molar refractivity (Wildman–Crippen MR) is 46.1 cm³/mol. The molecule has 12 heavy (non-hydrogen) atoms. The first-order chi connectivity index (χ1) is 5.36. The molecule has 2 unspecified atom stereocenters. The second kappa shape index (κ2) is 2.73. The lowest BCUT2D eigenvalue weighted by Crippen LogP contribution is -2.65. The number of alkyl halides is 1. The van der Waals surface area contributed by atoms with Crippen LogP contribution in [-0.4, -0.2) is 38.8 Å². The zero-order valence-corrected chi connectivity index (χ0v) is 8.46. The summed E-state index contributed by atoms with van der Waals surface area (Å²) in [5.74, 6) is -1.12. The standard InChI is InChI=1S/C7H10BrNO3/c1-4(5(10)11)9-3-7(2,8)6(9)12/h4H,3H2,1-2H3,(H,10,11). The van der Waals surface area contributed by atoms with E-state index in [1.807, 2.05) is 0 Å². The largest absolute Gasteiger partial charge is 0.480 e. The second-order valence-corrected chi connectivity index (χ2v) is 4.89. The molecule has 1 saturated heterocycles. The van der Waals surface area contributed by atoms with Crippen LogP contribution in [0.25, 0.3) is 0 Å². The lowest BCUT2D eigenvalue weighted by atomic mass is 9.99. The summed E-state index contributed by atoms with van der Waals surface area (Å²) in [5, 5.41) is 8.60. The normalized spacial score (nSPS) is 31.2. The molecular weight excluding hydrogens is 226 g/mol. The first-order valence-electron chi connectivity index (χ1n) is 3.59. The average Bonchev–Trinajstić information content (AvgIpc) is 1.98. The van der Waals surface area contributed by atoms with E-state index < -0.39 is 16.3 Å². The van der Waals surface area contributed by atoms with Crippen LogP contribution in [0.3, 0.4) is 0 Å². The maximum absolute atomic E-state index is 11.2. The van der Waals surface area contributed by atoms with Crippen molar-refractivity contribution in [2.75, 3.05) is 6.54 Å². The fraction of sp³-hybridized carbons (Fsp3) is 0.714.